The van der Waals surface area contributed by atoms with Gasteiger partial charge < -0.3 is 14.2 Å². The van der Waals surface area contributed by atoms with Crippen LogP contribution in [-0.4, -0.2) is 36.4 Å². The van der Waals surface area contributed by atoms with Crippen molar-refractivity contribution in [3.05, 3.63) is 24.3 Å². The van der Waals surface area contributed by atoms with Crippen LogP contribution in [0.15, 0.2) is 24.3 Å². The van der Waals surface area contributed by atoms with Crippen LogP contribution in [0, 0.1) is 0 Å². The molecule has 1 aliphatic heterocycles. The zero-order chi connectivity index (χ0) is 12.5. The molecule has 0 aromatic rings. The summed E-state index contributed by atoms with van der Waals surface area (Å²) < 4.78 is 15.6. The van der Waals surface area contributed by atoms with E-state index in [2.05, 4.69) is 0 Å². The highest BCUT2D eigenvalue weighted by Gasteiger charge is 2.69. The maximum absolute atomic E-state index is 10.8. The van der Waals surface area contributed by atoms with Gasteiger partial charge in [-0.3, -0.25) is 9.59 Å². The number of ether oxygens (including phenoxy) is 3. The van der Waals surface area contributed by atoms with E-state index in [1.165, 1.54) is 13.8 Å². The Bertz CT molecular complexity index is 373. The minimum absolute atomic E-state index is 0.129. The number of fused-ring (bicyclic) bond motifs is 1. The molecule has 0 amide bonds. The largest absolute Gasteiger partial charge is 0.462 e. The molecule has 0 N–H and O–H groups in total. The van der Waals surface area contributed by atoms with Crippen molar-refractivity contribution < 1.29 is 23.8 Å². The predicted molar refractivity (Wildman–Crippen MR) is 58.1 cm³/mol. The molecule has 0 radical (unpaired) electrons. The Hall–Kier alpha value is -1.62. The fourth-order valence-corrected chi connectivity index (χ4v) is 1.89. The normalized spacial score (nSPS) is 32.8. The second-order valence-electron chi connectivity index (χ2n) is 4.16. The Balaban J connectivity index is 2.03. The van der Waals surface area contributed by atoms with Crippen molar-refractivity contribution in [1.29, 1.82) is 0 Å². The first-order valence-electron chi connectivity index (χ1n) is 5.34. The average molecular weight is 238 g/mol. The number of carbonyl (C=O) groups is 2. The highest BCUT2D eigenvalue weighted by atomic mass is 16.7. The first-order chi connectivity index (χ1) is 8.00. The molecule has 5 nitrogen and oxygen atoms in total. The van der Waals surface area contributed by atoms with Crippen molar-refractivity contribution >= 4 is 11.9 Å². The Morgan fingerprint density at radius 3 is 1.76 bits per heavy atom. The molecule has 17 heavy (non-hydrogen) atoms. The summed E-state index contributed by atoms with van der Waals surface area (Å²) in [4.78, 5) is 21.6. The molecule has 1 fully saturated rings. The number of carbonyl (C=O) groups excluding carboxylic acids is 2. The second-order valence-corrected chi connectivity index (χ2v) is 4.16. The van der Waals surface area contributed by atoms with Crippen LogP contribution in [0.5, 0.6) is 0 Å². The van der Waals surface area contributed by atoms with Crippen LogP contribution in [0.1, 0.15) is 13.8 Å². The predicted octanol–water partition coefficient (Wildman–Crippen LogP) is 0.746. The van der Waals surface area contributed by atoms with E-state index in [0.29, 0.717) is 0 Å². The van der Waals surface area contributed by atoms with Gasteiger partial charge in [-0.15, -0.1) is 0 Å². The van der Waals surface area contributed by atoms with E-state index < -0.39 is 11.2 Å². The Morgan fingerprint density at radius 1 is 1.00 bits per heavy atom. The van der Waals surface area contributed by atoms with Gasteiger partial charge in [-0.1, -0.05) is 12.2 Å². The summed E-state index contributed by atoms with van der Waals surface area (Å²) in [5.41, 5.74) is -1.36. The van der Waals surface area contributed by atoms with Gasteiger partial charge in [0.25, 0.3) is 0 Å². The van der Waals surface area contributed by atoms with E-state index in [1.807, 2.05) is 24.3 Å². The van der Waals surface area contributed by atoms with Crippen molar-refractivity contribution in [3.63, 3.8) is 0 Å². The molecule has 0 aromatic heterocycles. The maximum Gasteiger partial charge on any atom is 0.302 e. The van der Waals surface area contributed by atoms with E-state index in [4.69, 9.17) is 14.2 Å². The van der Waals surface area contributed by atoms with Crippen molar-refractivity contribution in [2.24, 2.45) is 0 Å². The lowest BCUT2D eigenvalue weighted by Crippen LogP contribution is -2.34. The fourth-order valence-electron chi connectivity index (χ4n) is 1.89. The van der Waals surface area contributed by atoms with Crippen LogP contribution in [0.4, 0.5) is 0 Å². The van der Waals surface area contributed by atoms with E-state index in [-0.39, 0.29) is 25.2 Å². The fraction of sp³-hybridized carbons (Fsp3) is 0.500. The number of hydrogen-bond donors (Lipinski definition) is 0. The van der Waals surface area contributed by atoms with Crippen LogP contribution in [-0.2, 0) is 23.8 Å². The van der Waals surface area contributed by atoms with Gasteiger partial charge in [0.2, 0.25) is 0 Å². The monoisotopic (exact) mass is 238 g/mol. The summed E-state index contributed by atoms with van der Waals surface area (Å²) in [5.74, 6) is -0.724. The zero-order valence-corrected chi connectivity index (χ0v) is 9.76. The van der Waals surface area contributed by atoms with Gasteiger partial charge in [0.05, 0.1) is 0 Å². The standard InChI is InChI=1S/C12H14O5/c1-9(13)15-7-11-5-3-4-6-12(11,17-11)8-16-10(2)14/h3-6H,7-8H2,1-2H3. The van der Waals surface area contributed by atoms with Crippen LogP contribution in [0.3, 0.4) is 0 Å². The van der Waals surface area contributed by atoms with Gasteiger partial charge in [-0.25, -0.2) is 0 Å². The van der Waals surface area contributed by atoms with Crippen LogP contribution < -0.4 is 0 Å². The lowest BCUT2D eigenvalue weighted by Gasteiger charge is -2.16. The van der Waals surface area contributed by atoms with E-state index in [9.17, 15) is 9.59 Å². The number of esters is 2. The molecule has 1 saturated heterocycles. The van der Waals surface area contributed by atoms with Gasteiger partial charge in [0, 0.05) is 13.8 Å². The summed E-state index contributed by atoms with van der Waals surface area (Å²) in [6.07, 6.45) is 7.28. The molecule has 0 spiro atoms. The number of rotatable bonds is 4. The van der Waals surface area contributed by atoms with Gasteiger partial charge in [0.15, 0.2) is 11.2 Å². The molecule has 92 valence electrons. The highest BCUT2D eigenvalue weighted by molar-refractivity contribution is 5.67. The van der Waals surface area contributed by atoms with E-state index >= 15 is 0 Å². The maximum atomic E-state index is 10.8. The SMILES string of the molecule is CC(=O)OCC12C=CC=CC1(COC(C)=O)O2. The quantitative estimate of drug-likeness (QED) is 0.534. The number of allylic oxidation sites excluding steroid dienone is 2. The highest BCUT2D eigenvalue weighted by Crippen LogP contribution is 2.52. The Kier molecular flexibility index (Phi) is 2.79. The van der Waals surface area contributed by atoms with E-state index in [1.54, 1.807) is 0 Å². The topological polar surface area (TPSA) is 65.1 Å². The van der Waals surface area contributed by atoms with Crippen molar-refractivity contribution in [2.45, 2.75) is 25.0 Å². The molecular weight excluding hydrogens is 224 g/mol. The Morgan fingerprint density at radius 2 is 1.41 bits per heavy atom. The lowest BCUT2D eigenvalue weighted by atomic mass is 9.90. The molecule has 0 saturated carbocycles. The first kappa shape index (κ1) is 11.9. The third-order valence-electron chi connectivity index (χ3n) is 2.86. The van der Waals surface area contributed by atoms with Crippen LogP contribution in [0.2, 0.25) is 0 Å². The molecule has 1 heterocycles. The zero-order valence-electron chi connectivity index (χ0n) is 9.76. The number of hydrogen-bond acceptors (Lipinski definition) is 5. The van der Waals surface area contributed by atoms with Gasteiger partial charge in [-0.05, 0) is 12.2 Å². The second kappa shape index (κ2) is 4.00. The molecule has 2 atom stereocenters. The number of epoxide rings is 1. The summed E-state index contributed by atoms with van der Waals surface area (Å²) >= 11 is 0. The molecule has 2 aliphatic rings. The first-order valence-corrected chi connectivity index (χ1v) is 5.34. The van der Waals surface area contributed by atoms with Gasteiger partial charge in [0.1, 0.15) is 13.2 Å². The summed E-state index contributed by atoms with van der Waals surface area (Å²) in [6.45, 7) is 2.94. The molecule has 2 unspecified atom stereocenters. The molecule has 0 aromatic carbocycles. The molecule has 2 rings (SSSR count). The van der Waals surface area contributed by atoms with Crippen LogP contribution >= 0.6 is 0 Å². The molecular formula is C12H14O5. The lowest BCUT2D eigenvalue weighted by molar-refractivity contribution is -0.143. The molecule has 5 heteroatoms. The molecule has 0 bridgehead atoms. The summed E-state index contributed by atoms with van der Waals surface area (Å²) in [6, 6.07) is 0. The van der Waals surface area contributed by atoms with Crippen molar-refractivity contribution in [1.82, 2.24) is 0 Å². The third kappa shape index (κ3) is 2.10. The minimum Gasteiger partial charge on any atom is -0.462 e. The summed E-state index contributed by atoms with van der Waals surface area (Å²) in [5, 5.41) is 0. The van der Waals surface area contributed by atoms with Crippen molar-refractivity contribution in [2.75, 3.05) is 13.2 Å². The smallest absolute Gasteiger partial charge is 0.302 e. The minimum atomic E-state index is -0.678. The summed E-state index contributed by atoms with van der Waals surface area (Å²) in [7, 11) is 0. The Labute approximate surface area is 99.0 Å². The van der Waals surface area contributed by atoms with E-state index in [0.717, 1.165) is 0 Å². The molecule has 1 aliphatic carbocycles. The van der Waals surface area contributed by atoms with Gasteiger partial charge >= 0.3 is 11.9 Å². The average Bonchev–Trinajstić information content (AvgIpc) is 2.94. The third-order valence-corrected chi connectivity index (χ3v) is 2.86. The van der Waals surface area contributed by atoms with Crippen molar-refractivity contribution in [3.8, 4) is 0 Å². The van der Waals surface area contributed by atoms with Gasteiger partial charge in [-0.2, -0.15) is 0 Å². The van der Waals surface area contributed by atoms with Crippen LogP contribution in [0.25, 0.3) is 0 Å².